The van der Waals surface area contributed by atoms with E-state index in [0.717, 1.165) is 23.7 Å². The van der Waals surface area contributed by atoms with Gasteiger partial charge in [-0.25, -0.2) is 0 Å². The van der Waals surface area contributed by atoms with Gasteiger partial charge in [0.1, 0.15) is 0 Å². The number of allylic oxidation sites excluding steroid dienone is 4. The molecule has 0 aliphatic heterocycles. The molecule has 1 saturated carbocycles. The minimum atomic E-state index is 0.843. The lowest BCUT2D eigenvalue weighted by Gasteiger charge is -2.19. The van der Waals surface area contributed by atoms with E-state index < -0.39 is 0 Å². The van der Waals surface area contributed by atoms with Crippen molar-refractivity contribution in [3.63, 3.8) is 0 Å². The maximum atomic E-state index is 2.39. The van der Waals surface area contributed by atoms with Gasteiger partial charge < -0.3 is 0 Å². The molecular weight excluding hydrogens is 132 g/mol. The number of hydrogen-bond acceptors (Lipinski definition) is 0. The first-order valence-corrected chi connectivity index (χ1v) is 4.64. The fourth-order valence-corrected chi connectivity index (χ4v) is 2.49. The van der Waals surface area contributed by atoms with Crippen LogP contribution in [0.25, 0.3) is 0 Å². The number of hydrogen-bond donors (Lipinski definition) is 0. The molecule has 0 nitrogen and oxygen atoms in total. The van der Waals surface area contributed by atoms with E-state index in [0.29, 0.717) is 0 Å². The Bertz CT molecular complexity index is 200. The summed E-state index contributed by atoms with van der Waals surface area (Å²) in [4.78, 5) is 0. The molecule has 60 valence electrons. The minimum Gasteiger partial charge on any atom is -0.0808 e. The Morgan fingerprint density at radius 2 is 1.82 bits per heavy atom. The molecule has 0 amide bonds. The van der Waals surface area contributed by atoms with Gasteiger partial charge in [0, 0.05) is 0 Å². The number of rotatable bonds is 0. The first kappa shape index (κ1) is 7.15. The lowest BCUT2D eigenvalue weighted by Crippen LogP contribution is -2.11. The van der Waals surface area contributed by atoms with Gasteiger partial charge in [-0.05, 0) is 30.1 Å². The molecule has 11 heavy (non-hydrogen) atoms. The van der Waals surface area contributed by atoms with E-state index in [-0.39, 0.29) is 0 Å². The largest absolute Gasteiger partial charge is 0.0808 e. The van der Waals surface area contributed by atoms with Gasteiger partial charge in [0.05, 0.1) is 0 Å². The molecule has 0 aromatic carbocycles. The lowest BCUT2D eigenvalue weighted by molar-refractivity contribution is 0.395. The molecule has 2 aliphatic carbocycles. The maximum Gasteiger partial charge on any atom is -0.0139 e. The summed E-state index contributed by atoms with van der Waals surface area (Å²) in [5, 5.41) is 0. The molecular formula is C11H16. The first-order chi connectivity index (χ1) is 5.29. The second kappa shape index (κ2) is 2.51. The van der Waals surface area contributed by atoms with Gasteiger partial charge in [-0.2, -0.15) is 0 Å². The van der Waals surface area contributed by atoms with Crippen molar-refractivity contribution >= 4 is 0 Å². The van der Waals surface area contributed by atoms with Crippen LogP contribution in [-0.2, 0) is 0 Å². The molecule has 0 N–H and O–H groups in total. The second-order valence-corrected chi connectivity index (χ2v) is 4.08. The van der Waals surface area contributed by atoms with Crippen molar-refractivity contribution in [2.24, 2.45) is 23.7 Å². The zero-order valence-electron chi connectivity index (χ0n) is 7.33. The van der Waals surface area contributed by atoms with Gasteiger partial charge >= 0.3 is 0 Å². The smallest absolute Gasteiger partial charge is 0.0139 e. The number of fused-ring (bicyclic) bond motifs is 1. The minimum absolute atomic E-state index is 0.843. The Balaban J connectivity index is 2.20. The Hall–Kier alpha value is -0.520. The van der Waals surface area contributed by atoms with Crippen LogP contribution in [0, 0.1) is 23.7 Å². The summed E-state index contributed by atoms with van der Waals surface area (Å²) in [5.74, 6) is 3.50. The average molecular weight is 148 g/mol. The van der Waals surface area contributed by atoms with Gasteiger partial charge in [-0.3, -0.25) is 0 Å². The third-order valence-corrected chi connectivity index (χ3v) is 3.45. The SMILES string of the molecule is CC1C2C=CC=CC2C[C@H]1C. The van der Waals surface area contributed by atoms with Gasteiger partial charge in [-0.15, -0.1) is 0 Å². The quantitative estimate of drug-likeness (QED) is 0.495. The van der Waals surface area contributed by atoms with Crippen LogP contribution >= 0.6 is 0 Å². The van der Waals surface area contributed by atoms with Crippen molar-refractivity contribution in [2.45, 2.75) is 20.3 Å². The molecule has 0 spiro atoms. The molecule has 0 heterocycles. The molecule has 0 saturated heterocycles. The van der Waals surface area contributed by atoms with Crippen molar-refractivity contribution in [3.8, 4) is 0 Å². The summed E-state index contributed by atoms with van der Waals surface area (Å²) < 4.78 is 0. The zero-order chi connectivity index (χ0) is 7.84. The summed E-state index contributed by atoms with van der Waals surface area (Å²) >= 11 is 0. The predicted molar refractivity (Wildman–Crippen MR) is 48.2 cm³/mol. The lowest BCUT2D eigenvalue weighted by atomic mass is 9.86. The van der Waals surface area contributed by atoms with Crippen LogP contribution in [0.1, 0.15) is 20.3 Å². The van der Waals surface area contributed by atoms with Crippen molar-refractivity contribution in [3.05, 3.63) is 24.3 Å². The fraction of sp³-hybridized carbons (Fsp3) is 0.636. The topological polar surface area (TPSA) is 0 Å². The Morgan fingerprint density at radius 1 is 1.09 bits per heavy atom. The molecule has 2 rings (SSSR count). The van der Waals surface area contributed by atoms with Crippen molar-refractivity contribution in [1.82, 2.24) is 0 Å². The fourth-order valence-electron chi connectivity index (χ4n) is 2.49. The summed E-state index contributed by atoms with van der Waals surface area (Å²) in [6.45, 7) is 4.77. The van der Waals surface area contributed by atoms with Crippen LogP contribution in [0.5, 0.6) is 0 Å². The van der Waals surface area contributed by atoms with E-state index in [1.54, 1.807) is 0 Å². The molecule has 1 fully saturated rings. The highest BCUT2D eigenvalue weighted by molar-refractivity contribution is 5.17. The molecule has 0 aromatic rings. The molecule has 3 unspecified atom stereocenters. The van der Waals surface area contributed by atoms with Crippen molar-refractivity contribution in [1.29, 1.82) is 0 Å². The summed E-state index contributed by atoms with van der Waals surface area (Å²) in [7, 11) is 0. The zero-order valence-corrected chi connectivity index (χ0v) is 7.33. The highest BCUT2D eigenvalue weighted by Gasteiger charge is 2.35. The van der Waals surface area contributed by atoms with Crippen LogP contribution in [0.2, 0.25) is 0 Å². The van der Waals surface area contributed by atoms with E-state index in [2.05, 4.69) is 38.2 Å². The average Bonchev–Trinajstić information content (AvgIpc) is 2.30. The Labute approximate surface area is 69.0 Å². The van der Waals surface area contributed by atoms with Crippen LogP contribution < -0.4 is 0 Å². The molecule has 0 heteroatoms. The highest BCUT2D eigenvalue weighted by atomic mass is 14.4. The molecule has 4 atom stereocenters. The summed E-state index contributed by atoms with van der Waals surface area (Å²) in [5.41, 5.74) is 0. The van der Waals surface area contributed by atoms with Crippen LogP contribution in [0.15, 0.2) is 24.3 Å². The summed E-state index contributed by atoms with van der Waals surface area (Å²) in [6, 6.07) is 0. The van der Waals surface area contributed by atoms with E-state index in [9.17, 15) is 0 Å². The third-order valence-electron chi connectivity index (χ3n) is 3.45. The first-order valence-electron chi connectivity index (χ1n) is 4.64. The van der Waals surface area contributed by atoms with Crippen molar-refractivity contribution < 1.29 is 0 Å². The van der Waals surface area contributed by atoms with Gasteiger partial charge in [-0.1, -0.05) is 38.2 Å². The molecule has 0 aromatic heterocycles. The van der Waals surface area contributed by atoms with Crippen LogP contribution in [0.3, 0.4) is 0 Å². The Morgan fingerprint density at radius 3 is 2.55 bits per heavy atom. The van der Waals surface area contributed by atoms with Crippen LogP contribution in [0.4, 0.5) is 0 Å². The normalized spacial score (nSPS) is 47.8. The van der Waals surface area contributed by atoms with Crippen LogP contribution in [-0.4, -0.2) is 0 Å². The van der Waals surface area contributed by atoms with Crippen molar-refractivity contribution in [2.75, 3.05) is 0 Å². The maximum absolute atomic E-state index is 2.39. The van der Waals surface area contributed by atoms with E-state index in [1.165, 1.54) is 6.42 Å². The molecule has 2 aliphatic rings. The monoisotopic (exact) mass is 148 g/mol. The van der Waals surface area contributed by atoms with E-state index >= 15 is 0 Å². The molecule has 0 bridgehead atoms. The van der Waals surface area contributed by atoms with Gasteiger partial charge in [0.15, 0.2) is 0 Å². The standard InChI is InChI=1S/C11H16/c1-8-7-10-5-3-4-6-11(10)9(8)2/h3-6,8-11H,7H2,1-2H3/t8-,9?,10?,11?/m1/s1. The van der Waals surface area contributed by atoms with E-state index in [1.807, 2.05) is 0 Å². The Kier molecular flexibility index (Phi) is 1.63. The third kappa shape index (κ3) is 1.05. The molecule has 0 radical (unpaired) electrons. The van der Waals surface area contributed by atoms with Gasteiger partial charge in [0.2, 0.25) is 0 Å². The van der Waals surface area contributed by atoms with E-state index in [4.69, 9.17) is 0 Å². The summed E-state index contributed by atoms with van der Waals surface area (Å²) in [6.07, 6.45) is 10.6. The predicted octanol–water partition coefficient (Wildman–Crippen LogP) is 3.02. The highest BCUT2D eigenvalue weighted by Crippen LogP contribution is 2.43. The van der Waals surface area contributed by atoms with Gasteiger partial charge in [0.25, 0.3) is 0 Å². The second-order valence-electron chi connectivity index (χ2n) is 4.08.